The molecule has 228 valence electrons. The van der Waals surface area contributed by atoms with E-state index in [1.807, 2.05) is 20.8 Å². The normalized spacial score (nSPS) is 36.4. The highest BCUT2D eigenvalue weighted by Gasteiger charge is 2.65. The zero-order chi connectivity index (χ0) is 30.4. The molecule has 11 nitrogen and oxygen atoms in total. The molecule has 2 N–H and O–H groups in total. The molecule has 9 unspecified atom stereocenters. The second kappa shape index (κ2) is 9.63. The van der Waals surface area contributed by atoms with Gasteiger partial charge in [0.25, 0.3) is 5.91 Å². The summed E-state index contributed by atoms with van der Waals surface area (Å²) in [6.07, 6.45) is 3.08. The minimum Gasteiger partial charge on any atom is -0.472 e. The summed E-state index contributed by atoms with van der Waals surface area (Å²) < 4.78 is 21.4. The lowest BCUT2D eigenvalue weighted by Gasteiger charge is -2.39. The van der Waals surface area contributed by atoms with Gasteiger partial charge < -0.3 is 25.2 Å². The van der Waals surface area contributed by atoms with E-state index in [4.69, 9.17) is 4.74 Å². The maximum atomic E-state index is 15.2. The van der Waals surface area contributed by atoms with E-state index in [1.165, 1.54) is 11.1 Å². The van der Waals surface area contributed by atoms with Gasteiger partial charge in [0.15, 0.2) is 11.6 Å². The molecule has 2 bridgehead atoms. The first-order chi connectivity index (χ1) is 20.4. The van der Waals surface area contributed by atoms with Crippen molar-refractivity contribution in [3.05, 3.63) is 18.3 Å². The smallest absolute Gasteiger partial charge is 0.271 e. The van der Waals surface area contributed by atoms with Gasteiger partial charge in [0, 0.05) is 25.1 Å². The number of carbonyl (C=O) groups is 4. The molecule has 12 heteroatoms. The van der Waals surface area contributed by atoms with Crippen LogP contribution in [0.15, 0.2) is 18.3 Å². The Morgan fingerprint density at radius 3 is 2.70 bits per heavy atom. The summed E-state index contributed by atoms with van der Waals surface area (Å²) in [5.74, 6) is -1.72. The second-order valence-electron chi connectivity index (χ2n) is 14.4. The quantitative estimate of drug-likeness (QED) is 0.544. The van der Waals surface area contributed by atoms with Gasteiger partial charge in [-0.1, -0.05) is 20.8 Å². The molecule has 3 aliphatic carbocycles. The molecule has 6 aliphatic rings. The van der Waals surface area contributed by atoms with Crippen LogP contribution in [0.5, 0.6) is 5.75 Å². The minimum atomic E-state index is -1.50. The van der Waals surface area contributed by atoms with Crippen molar-refractivity contribution in [1.29, 1.82) is 5.26 Å². The van der Waals surface area contributed by atoms with Gasteiger partial charge in [0.05, 0.1) is 12.6 Å². The Morgan fingerprint density at radius 2 is 2.00 bits per heavy atom. The number of nitrogens with one attached hydrogen (secondary N) is 2. The molecule has 1 aromatic rings. The van der Waals surface area contributed by atoms with Gasteiger partial charge in [-0.25, -0.2) is 9.37 Å². The summed E-state index contributed by atoms with van der Waals surface area (Å²) in [5, 5.41) is 15.9. The number of halogens is 1. The van der Waals surface area contributed by atoms with E-state index in [2.05, 4.69) is 21.7 Å². The van der Waals surface area contributed by atoms with Crippen LogP contribution >= 0.6 is 0 Å². The molecule has 43 heavy (non-hydrogen) atoms. The second-order valence-corrected chi connectivity index (χ2v) is 14.4. The van der Waals surface area contributed by atoms with E-state index in [0.29, 0.717) is 25.1 Å². The van der Waals surface area contributed by atoms with Crippen molar-refractivity contribution in [3.63, 3.8) is 0 Å². The predicted molar refractivity (Wildman–Crippen MR) is 150 cm³/mol. The summed E-state index contributed by atoms with van der Waals surface area (Å²) in [7, 11) is 0. The summed E-state index contributed by atoms with van der Waals surface area (Å²) in [6, 6.07) is 2.64. The zero-order valence-corrected chi connectivity index (χ0v) is 24.6. The molecular formula is C31H37FN6O5. The van der Waals surface area contributed by atoms with Gasteiger partial charge in [-0.3, -0.25) is 19.2 Å². The van der Waals surface area contributed by atoms with Gasteiger partial charge in [0.1, 0.15) is 24.3 Å². The Labute approximate surface area is 249 Å². The van der Waals surface area contributed by atoms with E-state index in [0.717, 1.165) is 12.8 Å². The van der Waals surface area contributed by atoms with Crippen molar-refractivity contribution in [2.45, 2.75) is 82.8 Å². The van der Waals surface area contributed by atoms with E-state index >= 15 is 4.39 Å². The Bertz CT molecular complexity index is 1440. The van der Waals surface area contributed by atoms with E-state index in [1.54, 1.807) is 17.0 Å². The molecule has 9 atom stereocenters. The van der Waals surface area contributed by atoms with Crippen LogP contribution in [0.1, 0.15) is 52.9 Å². The molecular weight excluding hydrogens is 555 g/mol. The summed E-state index contributed by atoms with van der Waals surface area (Å²) in [6.45, 7) is 5.73. The molecule has 3 saturated carbocycles. The fourth-order valence-corrected chi connectivity index (χ4v) is 8.34. The molecule has 1 aromatic heterocycles. The Hall–Kier alpha value is -3.75. The Morgan fingerprint density at radius 1 is 1.23 bits per heavy atom. The van der Waals surface area contributed by atoms with Crippen molar-refractivity contribution in [2.75, 3.05) is 18.4 Å². The standard InChI is InChI=1S/C31H37FN6O5/c1-30(2,3)24(35-26(39)15-6-7-15)28(41)37-13-19-16-9-18(20(32)10-16)22(19)23(37)27(40)38-14-31(11-17(38)12-33)29(42)36-25-21(43-31)5-4-8-34-25/h4-5,8,15-20,22-24H,6-7,9-11,13-14H2,1-3H3,(H,35,39)(H,34,36,42). The maximum Gasteiger partial charge on any atom is 0.271 e. The third-order valence-corrected chi connectivity index (χ3v) is 10.6. The molecule has 3 aliphatic heterocycles. The van der Waals surface area contributed by atoms with Crippen LogP contribution in [0.2, 0.25) is 0 Å². The van der Waals surface area contributed by atoms with Crippen molar-refractivity contribution in [3.8, 4) is 11.8 Å². The molecule has 7 rings (SSSR count). The van der Waals surface area contributed by atoms with Gasteiger partial charge in [-0.2, -0.15) is 5.26 Å². The number of rotatable bonds is 4. The molecule has 2 saturated heterocycles. The number of pyridine rings is 1. The number of aromatic nitrogens is 1. The summed E-state index contributed by atoms with van der Waals surface area (Å²) in [5.41, 5.74) is -2.14. The third kappa shape index (κ3) is 4.37. The molecule has 5 fully saturated rings. The van der Waals surface area contributed by atoms with Crippen molar-refractivity contribution in [1.82, 2.24) is 20.1 Å². The average molecular weight is 593 g/mol. The molecule has 4 amide bonds. The first-order valence-electron chi connectivity index (χ1n) is 15.3. The van der Waals surface area contributed by atoms with E-state index in [-0.39, 0.29) is 54.3 Å². The first kappa shape index (κ1) is 28.0. The average Bonchev–Trinajstić information content (AvgIpc) is 3.31. The van der Waals surface area contributed by atoms with Crippen molar-refractivity contribution >= 4 is 29.4 Å². The Kier molecular flexibility index (Phi) is 6.28. The fraction of sp³-hybridized carbons (Fsp3) is 0.677. The lowest BCUT2D eigenvalue weighted by atomic mass is 9.77. The number of fused-ring (bicyclic) bond motifs is 6. The first-order valence-corrected chi connectivity index (χ1v) is 15.3. The molecule has 4 heterocycles. The topological polar surface area (TPSA) is 145 Å². The number of carbonyl (C=O) groups excluding carboxylic acids is 4. The fourth-order valence-electron chi connectivity index (χ4n) is 8.34. The van der Waals surface area contributed by atoms with Gasteiger partial charge in [-0.05, 0) is 66.9 Å². The van der Waals surface area contributed by atoms with Crippen LogP contribution < -0.4 is 15.4 Å². The summed E-state index contributed by atoms with van der Waals surface area (Å²) >= 11 is 0. The third-order valence-electron chi connectivity index (χ3n) is 10.6. The monoisotopic (exact) mass is 592 g/mol. The van der Waals surface area contributed by atoms with Crippen LogP contribution in [0, 0.1) is 46.3 Å². The van der Waals surface area contributed by atoms with Crippen LogP contribution in [0.4, 0.5) is 10.2 Å². The van der Waals surface area contributed by atoms with E-state index in [9.17, 15) is 24.4 Å². The highest BCUT2D eigenvalue weighted by Crippen LogP contribution is 2.59. The van der Waals surface area contributed by atoms with Crippen LogP contribution in [-0.4, -0.2) is 81.4 Å². The van der Waals surface area contributed by atoms with Crippen LogP contribution in [0.25, 0.3) is 0 Å². The maximum absolute atomic E-state index is 15.2. The van der Waals surface area contributed by atoms with E-state index < -0.39 is 53.0 Å². The number of anilines is 1. The number of alkyl halides is 1. The van der Waals surface area contributed by atoms with Gasteiger partial charge in [-0.15, -0.1) is 0 Å². The lowest BCUT2D eigenvalue weighted by molar-refractivity contribution is -0.149. The zero-order valence-electron chi connectivity index (χ0n) is 24.6. The van der Waals surface area contributed by atoms with Gasteiger partial charge in [0.2, 0.25) is 23.3 Å². The number of nitrogens with zero attached hydrogens (tertiary/aromatic N) is 4. The molecule has 1 spiro atoms. The number of nitriles is 1. The summed E-state index contributed by atoms with van der Waals surface area (Å²) in [4.78, 5) is 62.2. The lowest BCUT2D eigenvalue weighted by Crippen LogP contribution is -2.60. The number of ether oxygens (including phenoxy) is 1. The number of hydrogen-bond donors (Lipinski definition) is 2. The largest absolute Gasteiger partial charge is 0.472 e. The van der Waals surface area contributed by atoms with Crippen molar-refractivity contribution in [2.24, 2.45) is 35.0 Å². The number of hydrogen-bond acceptors (Lipinski definition) is 7. The van der Waals surface area contributed by atoms with Crippen LogP contribution in [0.3, 0.4) is 0 Å². The number of amides is 4. The number of likely N-dealkylation sites (tertiary alicyclic amines) is 2. The SMILES string of the molecule is CC(C)(C)C(NC(=O)C1CC1)C(=O)N1CC2C3CC(F)C(C3)C2C1C(=O)N1CC2(CC1C#N)Oc1cccnc1NC2=O. The highest BCUT2D eigenvalue weighted by molar-refractivity contribution is 6.01. The minimum absolute atomic E-state index is 0.0427. The Balaban J connectivity index is 1.22. The molecule has 0 radical (unpaired) electrons. The van der Waals surface area contributed by atoms with Crippen LogP contribution in [-0.2, 0) is 19.2 Å². The highest BCUT2D eigenvalue weighted by atomic mass is 19.1. The molecule has 0 aromatic carbocycles. The predicted octanol–water partition coefficient (Wildman–Crippen LogP) is 2.04. The van der Waals surface area contributed by atoms with Crippen molar-refractivity contribution < 1.29 is 28.3 Å². The van der Waals surface area contributed by atoms with Gasteiger partial charge >= 0.3 is 0 Å².